The van der Waals surface area contributed by atoms with Crippen LogP contribution in [0.1, 0.15) is 43.2 Å². The lowest BCUT2D eigenvalue weighted by Gasteiger charge is -2.40. The van der Waals surface area contributed by atoms with Gasteiger partial charge in [0.05, 0.1) is 6.20 Å². The number of rotatable bonds is 6. The van der Waals surface area contributed by atoms with E-state index >= 15 is 0 Å². The van der Waals surface area contributed by atoms with Crippen molar-refractivity contribution < 1.29 is 9.18 Å². The Morgan fingerprint density at radius 2 is 2.06 bits per heavy atom. The van der Waals surface area contributed by atoms with Crippen molar-refractivity contribution in [3.05, 3.63) is 54.0 Å². The maximum Gasteiger partial charge on any atom is 0.246 e. The number of hydrogen-bond acceptors (Lipinski definition) is 6. The van der Waals surface area contributed by atoms with Gasteiger partial charge >= 0.3 is 0 Å². The van der Waals surface area contributed by atoms with E-state index in [9.17, 15) is 9.18 Å². The zero-order chi connectivity index (χ0) is 22.8. The van der Waals surface area contributed by atoms with Gasteiger partial charge in [-0.25, -0.2) is 9.37 Å². The van der Waals surface area contributed by atoms with Crippen molar-refractivity contribution >= 4 is 23.4 Å². The molecule has 5 rings (SSSR count). The first-order valence-electron chi connectivity index (χ1n) is 11.9. The molecule has 174 valence electrons. The van der Waals surface area contributed by atoms with E-state index in [-0.39, 0.29) is 17.8 Å². The van der Waals surface area contributed by atoms with E-state index in [0.29, 0.717) is 19.0 Å². The Kier molecular flexibility index (Phi) is 6.26. The van der Waals surface area contributed by atoms with Gasteiger partial charge in [-0.2, -0.15) is 4.98 Å². The number of amides is 1. The monoisotopic (exact) mass is 450 g/mol. The number of hydrogen-bond donors (Lipinski definition) is 2. The third kappa shape index (κ3) is 4.85. The molecule has 1 atom stereocenters. The van der Waals surface area contributed by atoms with Crippen molar-refractivity contribution in [2.45, 2.75) is 57.2 Å². The fourth-order valence-electron chi connectivity index (χ4n) is 4.99. The molecule has 8 heteroatoms. The minimum absolute atomic E-state index is 0.0674. The Hall–Kier alpha value is -3.00. The molecule has 1 saturated heterocycles. The highest BCUT2D eigenvalue weighted by Gasteiger charge is 2.28. The Bertz CT molecular complexity index is 1040. The predicted octanol–water partition coefficient (Wildman–Crippen LogP) is 3.86. The summed E-state index contributed by atoms with van der Waals surface area (Å²) in [7, 11) is 0. The molecule has 0 bridgehead atoms. The molecule has 33 heavy (non-hydrogen) atoms. The summed E-state index contributed by atoms with van der Waals surface area (Å²) in [5.41, 5.74) is 3.64. The minimum Gasteiger partial charge on any atom is -0.363 e. The molecule has 2 aliphatic heterocycles. The van der Waals surface area contributed by atoms with Crippen molar-refractivity contribution in [1.82, 2.24) is 19.8 Å². The molecule has 3 aliphatic rings. The van der Waals surface area contributed by atoms with Crippen molar-refractivity contribution in [2.24, 2.45) is 0 Å². The highest BCUT2D eigenvalue weighted by atomic mass is 19.1. The van der Waals surface area contributed by atoms with E-state index in [1.54, 1.807) is 4.90 Å². The SMILES string of the molecule is C=CC(=O)N1CCC[C@@H](Nc2nc(Nc3ccc4c(c3)CCN(C3CCC3)C4)ncc2F)C1. The molecule has 0 radical (unpaired) electrons. The highest BCUT2D eigenvalue weighted by Crippen LogP contribution is 2.31. The van der Waals surface area contributed by atoms with Crippen LogP contribution in [-0.2, 0) is 17.8 Å². The van der Waals surface area contributed by atoms with Gasteiger partial charge in [-0.05, 0) is 61.4 Å². The summed E-state index contributed by atoms with van der Waals surface area (Å²) in [5.74, 6) is -0.107. The predicted molar refractivity (Wildman–Crippen MR) is 127 cm³/mol. The maximum absolute atomic E-state index is 14.4. The maximum atomic E-state index is 14.4. The topological polar surface area (TPSA) is 73.4 Å². The highest BCUT2D eigenvalue weighted by molar-refractivity contribution is 5.87. The van der Waals surface area contributed by atoms with Gasteiger partial charge in [0.15, 0.2) is 11.6 Å². The van der Waals surface area contributed by atoms with Gasteiger partial charge < -0.3 is 15.5 Å². The van der Waals surface area contributed by atoms with Crippen molar-refractivity contribution in [2.75, 3.05) is 30.3 Å². The van der Waals surface area contributed by atoms with E-state index < -0.39 is 5.82 Å². The Labute approximate surface area is 194 Å². The molecule has 1 amide bonds. The van der Waals surface area contributed by atoms with Crippen LogP contribution >= 0.6 is 0 Å². The number of benzene rings is 1. The lowest BCUT2D eigenvalue weighted by molar-refractivity contribution is -0.127. The molecule has 1 aliphatic carbocycles. The van der Waals surface area contributed by atoms with Gasteiger partial charge in [0.2, 0.25) is 11.9 Å². The van der Waals surface area contributed by atoms with Crippen LogP contribution in [0.3, 0.4) is 0 Å². The molecule has 1 saturated carbocycles. The van der Waals surface area contributed by atoms with E-state index in [0.717, 1.165) is 44.1 Å². The number of halogens is 1. The van der Waals surface area contributed by atoms with Crippen molar-refractivity contribution in [3.63, 3.8) is 0 Å². The molecular formula is C25H31FN6O. The van der Waals surface area contributed by atoms with E-state index in [4.69, 9.17) is 0 Å². The molecule has 1 aromatic heterocycles. The molecule has 0 spiro atoms. The van der Waals surface area contributed by atoms with Crippen LogP contribution in [0.5, 0.6) is 0 Å². The molecule has 7 nitrogen and oxygen atoms in total. The van der Waals surface area contributed by atoms with Gasteiger partial charge in [-0.1, -0.05) is 19.1 Å². The summed E-state index contributed by atoms with van der Waals surface area (Å²) in [6.07, 6.45) is 9.25. The largest absolute Gasteiger partial charge is 0.363 e. The summed E-state index contributed by atoms with van der Waals surface area (Å²) < 4.78 is 14.4. The molecule has 0 unspecified atom stereocenters. The summed E-state index contributed by atoms with van der Waals surface area (Å²) in [6.45, 7) is 6.87. The zero-order valence-electron chi connectivity index (χ0n) is 18.9. The van der Waals surface area contributed by atoms with Crippen LogP contribution in [0.15, 0.2) is 37.1 Å². The number of carbonyl (C=O) groups excluding carboxylic acids is 1. The van der Waals surface area contributed by atoms with Crippen LogP contribution in [0.4, 0.5) is 21.8 Å². The summed E-state index contributed by atoms with van der Waals surface area (Å²) >= 11 is 0. The Morgan fingerprint density at radius 3 is 2.85 bits per heavy atom. The average molecular weight is 451 g/mol. The number of fused-ring (bicyclic) bond motifs is 1. The molecular weight excluding hydrogens is 419 g/mol. The second-order valence-electron chi connectivity index (χ2n) is 9.28. The third-order valence-corrected chi connectivity index (χ3v) is 7.09. The van der Waals surface area contributed by atoms with Gasteiger partial charge in [-0.15, -0.1) is 0 Å². The summed E-state index contributed by atoms with van der Waals surface area (Å²) in [6, 6.07) is 7.08. The van der Waals surface area contributed by atoms with Gasteiger partial charge in [0.25, 0.3) is 0 Å². The molecule has 2 aromatic rings. The zero-order valence-corrected chi connectivity index (χ0v) is 18.9. The lowest BCUT2D eigenvalue weighted by Crippen LogP contribution is -2.44. The van der Waals surface area contributed by atoms with Crippen molar-refractivity contribution in [1.29, 1.82) is 0 Å². The summed E-state index contributed by atoms with van der Waals surface area (Å²) in [5, 5.41) is 6.39. The van der Waals surface area contributed by atoms with Gasteiger partial charge in [0.1, 0.15) is 0 Å². The minimum atomic E-state index is -0.505. The molecule has 2 fully saturated rings. The van der Waals surface area contributed by atoms with E-state index in [1.165, 1.54) is 42.7 Å². The Balaban J connectivity index is 1.25. The molecule has 3 heterocycles. The number of aromatic nitrogens is 2. The number of carbonyl (C=O) groups is 1. The Morgan fingerprint density at radius 1 is 1.18 bits per heavy atom. The van der Waals surface area contributed by atoms with Gasteiger partial charge in [0, 0.05) is 44.0 Å². The number of anilines is 3. The molecule has 1 aromatic carbocycles. The number of piperidine rings is 1. The van der Waals surface area contributed by atoms with Crippen LogP contribution in [0.25, 0.3) is 0 Å². The standard InChI is InChI=1S/C25H31FN6O/c1-2-23(33)32-11-4-5-20(16-32)28-24-22(26)14-27-25(30-24)29-19-9-8-18-15-31(21-6-3-7-21)12-10-17(18)13-19/h2,8-9,13-14,20-21H,1,3-7,10-12,15-16H2,(H2,27,28,29,30)/t20-/m1/s1. The van der Waals surface area contributed by atoms with Gasteiger partial charge in [-0.3, -0.25) is 9.69 Å². The lowest BCUT2D eigenvalue weighted by atomic mass is 9.88. The summed E-state index contributed by atoms with van der Waals surface area (Å²) in [4.78, 5) is 24.8. The number of nitrogens with zero attached hydrogens (tertiary/aromatic N) is 4. The first-order valence-corrected chi connectivity index (χ1v) is 11.9. The fraction of sp³-hybridized carbons (Fsp3) is 0.480. The number of nitrogens with one attached hydrogen (secondary N) is 2. The van der Waals surface area contributed by atoms with Crippen molar-refractivity contribution in [3.8, 4) is 0 Å². The average Bonchev–Trinajstić information content (AvgIpc) is 2.80. The second-order valence-corrected chi connectivity index (χ2v) is 9.28. The smallest absolute Gasteiger partial charge is 0.246 e. The normalized spacial score (nSPS) is 21.1. The van der Waals surface area contributed by atoms with E-state index in [2.05, 4.69) is 44.2 Å². The van der Waals surface area contributed by atoms with Crippen LogP contribution in [0, 0.1) is 5.82 Å². The fourth-order valence-corrected chi connectivity index (χ4v) is 4.99. The van der Waals surface area contributed by atoms with Crippen LogP contribution in [-0.4, -0.2) is 57.4 Å². The molecule has 2 N–H and O–H groups in total. The van der Waals surface area contributed by atoms with Crippen LogP contribution < -0.4 is 10.6 Å². The first-order chi connectivity index (χ1) is 16.1. The van der Waals surface area contributed by atoms with Crippen LogP contribution in [0.2, 0.25) is 0 Å². The third-order valence-electron chi connectivity index (χ3n) is 7.09. The quantitative estimate of drug-likeness (QED) is 0.651. The first kappa shape index (κ1) is 21.8. The second kappa shape index (κ2) is 9.47. The van der Waals surface area contributed by atoms with E-state index in [1.807, 2.05) is 6.07 Å². The number of likely N-dealkylation sites (tertiary alicyclic amines) is 1.